The molecule has 3 nitrogen and oxygen atoms in total. The van der Waals surface area contributed by atoms with Crippen LogP contribution in [0.3, 0.4) is 0 Å². The van der Waals surface area contributed by atoms with Crippen molar-refractivity contribution in [2.75, 3.05) is 26.3 Å². The SMILES string of the molecule is CC(C)N(CC#N)CCOCC(F)(F)F. The van der Waals surface area contributed by atoms with Crippen LogP contribution in [-0.2, 0) is 4.74 Å². The van der Waals surface area contributed by atoms with Crippen LogP contribution in [0.1, 0.15) is 13.8 Å². The fourth-order valence-electron chi connectivity index (χ4n) is 0.980. The van der Waals surface area contributed by atoms with E-state index in [2.05, 4.69) is 4.74 Å². The summed E-state index contributed by atoms with van der Waals surface area (Å²) in [5.74, 6) is 0. The Bertz CT molecular complexity index is 210. The molecule has 15 heavy (non-hydrogen) atoms. The van der Waals surface area contributed by atoms with Gasteiger partial charge in [-0.3, -0.25) is 4.90 Å². The van der Waals surface area contributed by atoms with E-state index in [1.165, 1.54) is 0 Å². The number of hydrogen-bond acceptors (Lipinski definition) is 3. The summed E-state index contributed by atoms with van der Waals surface area (Å²) >= 11 is 0. The second-order valence-electron chi connectivity index (χ2n) is 3.39. The van der Waals surface area contributed by atoms with Gasteiger partial charge in [0.15, 0.2) is 0 Å². The number of halogens is 3. The van der Waals surface area contributed by atoms with E-state index in [-0.39, 0.29) is 19.2 Å². The van der Waals surface area contributed by atoms with E-state index in [4.69, 9.17) is 5.26 Å². The molecule has 88 valence electrons. The molecule has 0 aliphatic rings. The van der Waals surface area contributed by atoms with E-state index < -0.39 is 12.8 Å². The zero-order chi connectivity index (χ0) is 11.9. The molecule has 0 N–H and O–H groups in total. The Morgan fingerprint density at radius 1 is 1.40 bits per heavy atom. The molecule has 0 saturated carbocycles. The molecular formula is C9H15F3N2O. The minimum absolute atomic E-state index is 0.0145. The third kappa shape index (κ3) is 8.21. The smallest absolute Gasteiger partial charge is 0.371 e. The molecule has 0 saturated heterocycles. The van der Waals surface area contributed by atoms with E-state index in [0.717, 1.165) is 0 Å². The van der Waals surface area contributed by atoms with Crippen LogP contribution in [0.5, 0.6) is 0 Å². The lowest BCUT2D eigenvalue weighted by Gasteiger charge is -2.23. The van der Waals surface area contributed by atoms with Crippen LogP contribution >= 0.6 is 0 Å². The second-order valence-corrected chi connectivity index (χ2v) is 3.39. The fraction of sp³-hybridized carbons (Fsp3) is 0.889. The van der Waals surface area contributed by atoms with Gasteiger partial charge in [0.2, 0.25) is 0 Å². The summed E-state index contributed by atoms with van der Waals surface area (Å²) < 4.78 is 39.5. The van der Waals surface area contributed by atoms with Crippen LogP contribution < -0.4 is 0 Å². The molecule has 0 aromatic rings. The highest BCUT2D eigenvalue weighted by Gasteiger charge is 2.27. The zero-order valence-electron chi connectivity index (χ0n) is 8.84. The largest absolute Gasteiger partial charge is 0.411 e. The van der Waals surface area contributed by atoms with E-state index >= 15 is 0 Å². The molecule has 0 rings (SSSR count). The Hall–Kier alpha value is -0.800. The first kappa shape index (κ1) is 14.2. The van der Waals surface area contributed by atoms with E-state index in [9.17, 15) is 13.2 Å². The predicted molar refractivity (Wildman–Crippen MR) is 49.2 cm³/mol. The lowest BCUT2D eigenvalue weighted by Crippen LogP contribution is -2.35. The Balaban J connectivity index is 3.68. The number of ether oxygens (including phenoxy) is 1. The van der Waals surface area contributed by atoms with Crippen LogP contribution in [0.2, 0.25) is 0 Å². The summed E-state index contributed by atoms with van der Waals surface area (Å²) in [7, 11) is 0. The minimum atomic E-state index is -4.28. The first-order chi connectivity index (χ1) is 6.87. The molecule has 0 radical (unpaired) electrons. The van der Waals surface area contributed by atoms with Crippen molar-refractivity contribution in [2.45, 2.75) is 26.1 Å². The van der Waals surface area contributed by atoms with Crippen molar-refractivity contribution >= 4 is 0 Å². The number of nitriles is 1. The van der Waals surface area contributed by atoms with Crippen LogP contribution in [0.4, 0.5) is 13.2 Å². The third-order valence-electron chi connectivity index (χ3n) is 1.79. The maximum atomic E-state index is 11.7. The van der Waals surface area contributed by atoms with Gasteiger partial charge in [0, 0.05) is 12.6 Å². The van der Waals surface area contributed by atoms with Crippen molar-refractivity contribution in [3.8, 4) is 6.07 Å². The van der Waals surface area contributed by atoms with Crippen LogP contribution in [-0.4, -0.2) is 43.4 Å². The summed E-state index contributed by atoms with van der Waals surface area (Å²) in [6.45, 7) is 3.04. The Morgan fingerprint density at radius 3 is 2.40 bits per heavy atom. The van der Waals surface area contributed by atoms with Crippen molar-refractivity contribution < 1.29 is 17.9 Å². The molecule has 0 atom stereocenters. The van der Waals surface area contributed by atoms with Gasteiger partial charge in [-0.05, 0) is 13.8 Å². The molecule has 0 aromatic carbocycles. The summed E-state index contributed by atoms with van der Waals surface area (Å²) in [5.41, 5.74) is 0. The second kappa shape index (κ2) is 6.64. The topological polar surface area (TPSA) is 36.3 Å². The maximum absolute atomic E-state index is 11.7. The van der Waals surface area contributed by atoms with Crippen molar-refractivity contribution in [3.63, 3.8) is 0 Å². The first-order valence-corrected chi connectivity index (χ1v) is 4.62. The quantitative estimate of drug-likeness (QED) is 0.510. The molecule has 0 spiro atoms. The van der Waals surface area contributed by atoms with Crippen molar-refractivity contribution in [2.24, 2.45) is 0 Å². The molecule has 0 aliphatic heterocycles. The standard InChI is InChI=1S/C9H15F3N2O/c1-8(2)14(4-3-13)5-6-15-7-9(10,11)12/h8H,4-7H2,1-2H3. The lowest BCUT2D eigenvalue weighted by atomic mass is 10.3. The van der Waals surface area contributed by atoms with Crippen molar-refractivity contribution in [1.82, 2.24) is 4.90 Å². The fourth-order valence-corrected chi connectivity index (χ4v) is 0.980. The molecule has 0 unspecified atom stereocenters. The van der Waals surface area contributed by atoms with Gasteiger partial charge >= 0.3 is 6.18 Å². The van der Waals surface area contributed by atoms with Crippen LogP contribution in [0.15, 0.2) is 0 Å². The van der Waals surface area contributed by atoms with E-state index in [1.807, 2.05) is 19.9 Å². The maximum Gasteiger partial charge on any atom is 0.411 e. The molecule has 0 aromatic heterocycles. The average Bonchev–Trinajstić information content (AvgIpc) is 2.08. The van der Waals surface area contributed by atoms with Crippen molar-refractivity contribution in [3.05, 3.63) is 0 Å². The van der Waals surface area contributed by atoms with E-state index in [0.29, 0.717) is 6.54 Å². The van der Waals surface area contributed by atoms with Gasteiger partial charge in [-0.25, -0.2) is 0 Å². The Labute approximate surface area is 87.4 Å². The Kier molecular flexibility index (Phi) is 6.29. The monoisotopic (exact) mass is 224 g/mol. The molecule has 0 aliphatic carbocycles. The van der Waals surface area contributed by atoms with Gasteiger partial charge in [0.25, 0.3) is 0 Å². The highest BCUT2D eigenvalue weighted by atomic mass is 19.4. The molecule has 0 heterocycles. The predicted octanol–water partition coefficient (Wildman–Crippen LogP) is 1.80. The number of hydrogen-bond donors (Lipinski definition) is 0. The molecule has 0 fully saturated rings. The van der Waals surface area contributed by atoms with Gasteiger partial charge in [-0.15, -0.1) is 0 Å². The highest BCUT2D eigenvalue weighted by Crippen LogP contribution is 2.14. The lowest BCUT2D eigenvalue weighted by molar-refractivity contribution is -0.174. The van der Waals surface area contributed by atoms with Gasteiger partial charge in [0.1, 0.15) is 6.61 Å². The molecular weight excluding hydrogens is 209 g/mol. The number of alkyl halides is 3. The minimum Gasteiger partial charge on any atom is -0.371 e. The molecule has 6 heteroatoms. The van der Waals surface area contributed by atoms with Crippen LogP contribution in [0.25, 0.3) is 0 Å². The normalized spacial score (nSPS) is 12.1. The van der Waals surface area contributed by atoms with Gasteiger partial charge in [-0.1, -0.05) is 0 Å². The first-order valence-electron chi connectivity index (χ1n) is 4.62. The number of rotatable bonds is 6. The summed E-state index contributed by atoms with van der Waals surface area (Å²) in [6, 6.07) is 2.08. The van der Waals surface area contributed by atoms with Gasteiger partial charge in [0.05, 0.1) is 19.2 Å². The van der Waals surface area contributed by atoms with Crippen LogP contribution in [0, 0.1) is 11.3 Å². The summed E-state index contributed by atoms with van der Waals surface area (Å²) in [6.07, 6.45) is -4.28. The number of nitrogens with zero attached hydrogens (tertiary/aromatic N) is 2. The average molecular weight is 224 g/mol. The van der Waals surface area contributed by atoms with Gasteiger partial charge < -0.3 is 4.74 Å². The Morgan fingerprint density at radius 2 is 2.00 bits per heavy atom. The third-order valence-corrected chi connectivity index (χ3v) is 1.79. The van der Waals surface area contributed by atoms with E-state index in [1.54, 1.807) is 4.90 Å². The molecule has 0 bridgehead atoms. The highest BCUT2D eigenvalue weighted by molar-refractivity contribution is 4.78. The summed E-state index contributed by atoms with van der Waals surface area (Å²) in [5, 5.41) is 8.46. The zero-order valence-corrected chi connectivity index (χ0v) is 8.84. The molecule has 0 amide bonds. The summed E-state index contributed by atoms with van der Waals surface area (Å²) in [4.78, 5) is 1.75. The van der Waals surface area contributed by atoms with Crippen molar-refractivity contribution in [1.29, 1.82) is 5.26 Å². The van der Waals surface area contributed by atoms with Gasteiger partial charge in [-0.2, -0.15) is 18.4 Å².